The Bertz CT molecular complexity index is 537. The second-order valence-corrected chi connectivity index (χ2v) is 4.57. The monoisotopic (exact) mass is 234 g/mol. The van der Waals surface area contributed by atoms with Crippen molar-refractivity contribution in [3.63, 3.8) is 0 Å². The molecule has 1 aliphatic rings. The first-order chi connectivity index (χ1) is 8.22. The fraction of sp³-hybridized carbons (Fsp3) is 0.385. The van der Waals surface area contributed by atoms with Gasteiger partial charge in [0, 0.05) is 37.1 Å². The summed E-state index contributed by atoms with van der Waals surface area (Å²) in [6.45, 7) is 4.94. The maximum atomic E-state index is 13.1. The van der Waals surface area contributed by atoms with Crippen LogP contribution in [0.15, 0.2) is 28.7 Å². The van der Waals surface area contributed by atoms with Gasteiger partial charge in [-0.1, -0.05) is 0 Å². The van der Waals surface area contributed by atoms with Gasteiger partial charge >= 0.3 is 0 Å². The molecule has 1 aliphatic heterocycles. The SMILES string of the molecule is CC1CN(c2cc3cc(F)ccc3o2)CCN1. The molecule has 1 saturated heterocycles. The highest BCUT2D eigenvalue weighted by Gasteiger charge is 2.18. The summed E-state index contributed by atoms with van der Waals surface area (Å²) < 4.78 is 18.8. The quantitative estimate of drug-likeness (QED) is 0.821. The number of halogens is 1. The highest BCUT2D eigenvalue weighted by molar-refractivity contribution is 5.81. The third-order valence-electron chi connectivity index (χ3n) is 3.15. The van der Waals surface area contributed by atoms with E-state index >= 15 is 0 Å². The Morgan fingerprint density at radius 3 is 3.12 bits per heavy atom. The minimum Gasteiger partial charge on any atom is -0.441 e. The number of piperazine rings is 1. The number of nitrogens with zero attached hydrogens (tertiary/aromatic N) is 1. The molecule has 3 rings (SSSR count). The summed E-state index contributed by atoms with van der Waals surface area (Å²) in [7, 11) is 0. The van der Waals surface area contributed by atoms with Crippen LogP contribution < -0.4 is 10.2 Å². The highest BCUT2D eigenvalue weighted by Crippen LogP contribution is 2.27. The molecule has 3 nitrogen and oxygen atoms in total. The molecule has 0 spiro atoms. The van der Waals surface area contributed by atoms with Crippen LogP contribution in [0.3, 0.4) is 0 Å². The Balaban J connectivity index is 1.94. The average molecular weight is 234 g/mol. The van der Waals surface area contributed by atoms with Crippen molar-refractivity contribution in [1.82, 2.24) is 5.32 Å². The van der Waals surface area contributed by atoms with E-state index in [0.29, 0.717) is 6.04 Å². The first kappa shape index (κ1) is 10.6. The molecule has 1 aromatic heterocycles. The number of benzene rings is 1. The molecule has 2 heterocycles. The van der Waals surface area contributed by atoms with Crippen molar-refractivity contribution in [1.29, 1.82) is 0 Å². The predicted octanol–water partition coefficient (Wildman–Crippen LogP) is 2.37. The van der Waals surface area contributed by atoms with Crippen molar-refractivity contribution < 1.29 is 8.81 Å². The molecular formula is C13H15FN2O. The Morgan fingerprint density at radius 1 is 1.41 bits per heavy atom. The molecule has 1 unspecified atom stereocenters. The van der Waals surface area contributed by atoms with Crippen LogP contribution >= 0.6 is 0 Å². The first-order valence-electron chi connectivity index (χ1n) is 5.90. The third-order valence-corrected chi connectivity index (χ3v) is 3.15. The molecule has 0 radical (unpaired) electrons. The second kappa shape index (κ2) is 4.04. The molecular weight excluding hydrogens is 219 g/mol. The van der Waals surface area contributed by atoms with Crippen LogP contribution in [0.1, 0.15) is 6.92 Å². The van der Waals surface area contributed by atoms with Crippen molar-refractivity contribution in [2.45, 2.75) is 13.0 Å². The maximum Gasteiger partial charge on any atom is 0.196 e. The zero-order valence-corrected chi connectivity index (χ0v) is 9.74. The lowest BCUT2D eigenvalue weighted by Gasteiger charge is -2.31. The van der Waals surface area contributed by atoms with Crippen molar-refractivity contribution in [2.75, 3.05) is 24.5 Å². The molecule has 17 heavy (non-hydrogen) atoms. The summed E-state index contributed by atoms with van der Waals surface area (Å²) in [6.07, 6.45) is 0. The van der Waals surface area contributed by atoms with Gasteiger partial charge in [0.2, 0.25) is 0 Å². The van der Waals surface area contributed by atoms with Gasteiger partial charge in [-0.25, -0.2) is 4.39 Å². The Morgan fingerprint density at radius 2 is 2.29 bits per heavy atom. The fourth-order valence-corrected chi connectivity index (χ4v) is 2.29. The lowest BCUT2D eigenvalue weighted by Crippen LogP contribution is -2.49. The molecule has 90 valence electrons. The summed E-state index contributed by atoms with van der Waals surface area (Å²) in [4.78, 5) is 2.19. The van der Waals surface area contributed by atoms with Crippen LogP contribution in [0.2, 0.25) is 0 Å². The topological polar surface area (TPSA) is 28.4 Å². The van der Waals surface area contributed by atoms with E-state index in [1.165, 1.54) is 12.1 Å². The van der Waals surface area contributed by atoms with Crippen molar-refractivity contribution in [2.24, 2.45) is 0 Å². The van der Waals surface area contributed by atoms with Crippen LogP contribution in [0.4, 0.5) is 10.3 Å². The van der Waals surface area contributed by atoms with Gasteiger partial charge in [0.1, 0.15) is 11.4 Å². The molecule has 1 fully saturated rings. The van der Waals surface area contributed by atoms with Crippen LogP contribution in [0, 0.1) is 5.82 Å². The van der Waals surface area contributed by atoms with Gasteiger partial charge in [0.15, 0.2) is 5.88 Å². The molecule has 1 N–H and O–H groups in total. The van der Waals surface area contributed by atoms with Gasteiger partial charge in [-0.05, 0) is 25.1 Å². The zero-order valence-electron chi connectivity index (χ0n) is 9.74. The van der Waals surface area contributed by atoms with Crippen LogP contribution in [0.25, 0.3) is 11.0 Å². The Hall–Kier alpha value is -1.55. The van der Waals surface area contributed by atoms with Crippen LogP contribution in [-0.2, 0) is 0 Å². The molecule has 2 aromatic rings. The van der Waals surface area contributed by atoms with Crippen LogP contribution in [0.5, 0.6) is 0 Å². The molecule has 4 heteroatoms. The zero-order chi connectivity index (χ0) is 11.8. The summed E-state index contributed by atoms with van der Waals surface area (Å²) in [5.41, 5.74) is 0.743. The summed E-state index contributed by atoms with van der Waals surface area (Å²) >= 11 is 0. The van der Waals surface area contributed by atoms with Crippen molar-refractivity contribution >= 4 is 16.9 Å². The van der Waals surface area contributed by atoms with Gasteiger partial charge < -0.3 is 14.6 Å². The van der Waals surface area contributed by atoms with E-state index in [2.05, 4.69) is 17.1 Å². The molecule has 0 bridgehead atoms. The van der Waals surface area contributed by atoms with Gasteiger partial charge in [-0.2, -0.15) is 0 Å². The number of nitrogens with one attached hydrogen (secondary N) is 1. The number of hydrogen-bond donors (Lipinski definition) is 1. The van der Waals surface area contributed by atoms with E-state index in [0.717, 1.165) is 36.5 Å². The predicted molar refractivity (Wildman–Crippen MR) is 65.8 cm³/mol. The lowest BCUT2D eigenvalue weighted by atomic mass is 10.2. The largest absolute Gasteiger partial charge is 0.441 e. The van der Waals surface area contributed by atoms with E-state index in [9.17, 15) is 4.39 Å². The van der Waals surface area contributed by atoms with E-state index in [1.807, 2.05) is 6.07 Å². The minimum atomic E-state index is -0.224. The van der Waals surface area contributed by atoms with Crippen LogP contribution in [-0.4, -0.2) is 25.7 Å². The summed E-state index contributed by atoms with van der Waals surface area (Å²) in [5.74, 6) is 0.609. The van der Waals surface area contributed by atoms with Gasteiger partial charge in [0.25, 0.3) is 0 Å². The van der Waals surface area contributed by atoms with Gasteiger partial charge in [0.05, 0.1) is 0 Å². The van der Waals surface area contributed by atoms with Crippen molar-refractivity contribution in [3.05, 3.63) is 30.1 Å². The minimum absolute atomic E-state index is 0.224. The molecule has 0 aliphatic carbocycles. The lowest BCUT2D eigenvalue weighted by molar-refractivity contribution is 0.458. The molecule has 0 saturated carbocycles. The Kier molecular flexibility index (Phi) is 2.52. The summed E-state index contributed by atoms with van der Waals surface area (Å²) in [6, 6.07) is 6.98. The van der Waals surface area contributed by atoms with Gasteiger partial charge in [-0.15, -0.1) is 0 Å². The Labute approximate surface area is 99.2 Å². The molecule has 0 amide bonds. The van der Waals surface area contributed by atoms with E-state index in [-0.39, 0.29) is 5.82 Å². The number of rotatable bonds is 1. The average Bonchev–Trinajstić information content (AvgIpc) is 2.72. The first-order valence-corrected chi connectivity index (χ1v) is 5.90. The third kappa shape index (κ3) is 2.00. The normalized spacial score (nSPS) is 21.1. The highest BCUT2D eigenvalue weighted by atomic mass is 19.1. The number of anilines is 1. The smallest absolute Gasteiger partial charge is 0.196 e. The number of fused-ring (bicyclic) bond motifs is 1. The van der Waals surface area contributed by atoms with E-state index < -0.39 is 0 Å². The van der Waals surface area contributed by atoms with E-state index in [4.69, 9.17) is 4.42 Å². The summed E-state index contributed by atoms with van der Waals surface area (Å²) in [5, 5.41) is 4.21. The number of furan rings is 1. The standard InChI is InChI=1S/C13H15FN2O/c1-9-8-16(5-4-15-9)13-7-10-6-11(14)2-3-12(10)17-13/h2-3,6-7,9,15H,4-5,8H2,1H3. The maximum absolute atomic E-state index is 13.1. The molecule has 1 atom stereocenters. The van der Waals surface area contributed by atoms with Gasteiger partial charge in [-0.3, -0.25) is 0 Å². The molecule has 1 aromatic carbocycles. The second-order valence-electron chi connectivity index (χ2n) is 4.57. The van der Waals surface area contributed by atoms with E-state index in [1.54, 1.807) is 6.07 Å². The fourth-order valence-electron chi connectivity index (χ4n) is 2.29. The van der Waals surface area contributed by atoms with Crippen molar-refractivity contribution in [3.8, 4) is 0 Å². The number of hydrogen-bond acceptors (Lipinski definition) is 3.